The first-order valence-corrected chi connectivity index (χ1v) is 7.39. The van der Waals surface area contributed by atoms with Gasteiger partial charge in [-0.05, 0) is 29.0 Å². The zero-order valence-corrected chi connectivity index (χ0v) is 12.8. The van der Waals surface area contributed by atoms with Gasteiger partial charge in [0.2, 0.25) is 0 Å². The van der Waals surface area contributed by atoms with Gasteiger partial charge in [-0.1, -0.05) is 30.3 Å². The van der Waals surface area contributed by atoms with Gasteiger partial charge in [0.15, 0.2) is 5.76 Å². The Morgan fingerprint density at radius 1 is 1.12 bits per heavy atom. The monoisotopic (exact) mass is 330 g/mol. The highest BCUT2D eigenvalue weighted by molar-refractivity contribution is 5.84. The Hall–Kier alpha value is -3.92. The second kappa shape index (κ2) is 5.62. The zero-order chi connectivity index (χ0) is 17.4. The van der Waals surface area contributed by atoms with Crippen LogP contribution in [0.2, 0.25) is 0 Å². The van der Waals surface area contributed by atoms with E-state index >= 15 is 0 Å². The average Bonchev–Trinajstić information content (AvgIpc) is 3.28. The maximum absolute atomic E-state index is 10.8. The van der Waals surface area contributed by atoms with Gasteiger partial charge in [-0.25, -0.2) is 4.68 Å². The molecule has 0 spiro atoms. The largest absolute Gasteiger partial charge is 0.433 e. The Balaban J connectivity index is 1.81. The number of hydrogen-bond acceptors (Lipinski definition) is 5. The van der Waals surface area contributed by atoms with Gasteiger partial charge in [0.25, 0.3) is 0 Å². The van der Waals surface area contributed by atoms with E-state index in [1.165, 1.54) is 12.1 Å². The fraction of sp³-hybridized carbons (Fsp3) is 0. The second-order valence-corrected chi connectivity index (χ2v) is 5.37. The molecule has 7 nitrogen and oxygen atoms in total. The molecule has 0 aliphatic rings. The number of rotatable bonds is 3. The van der Waals surface area contributed by atoms with Crippen molar-refractivity contribution in [2.75, 3.05) is 0 Å². The molecule has 120 valence electrons. The number of nitriles is 1. The summed E-state index contributed by atoms with van der Waals surface area (Å²) in [4.78, 5) is 10.1. The number of hydrogen-bond donors (Lipinski definition) is 0. The molecule has 2 aromatic carbocycles. The van der Waals surface area contributed by atoms with E-state index in [0.717, 1.165) is 16.5 Å². The number of furan rings is 1. The molecule has 2 heterocycles. The van der Waals surface area contributed by atoms with Gasteiger partial charge in [0.05, 0.1) is 11.8 Å². The molecule has 0 radical (unpaired) electrons. The number of nitrogens with zero attached hydrogens (tertiary/aromatic N) is 4. The minimum Gasteiger partial charge on any atom is -0.399 e. The summed E-state index contributed by atoms with van der Waals surface area (Å²) in [6.07, 6.45) is 1.58. The van der Waals surface area contributed by atoms with Crippen molar-refractivity contribution in [3.8, 4) is 23.2 Å². The first-order valence-electron chi connectivity index (χ1n) is 7.39. The van der Waals surface area contributed by atoms with Crippen LogP contribution < -0.4 is 0 Å². The van der Waals surface area contributed by atoms with E-state index < -0.39 is 4.92 Å². The van der Waals surface area contributed by atoms with Crippen molar-refractivity contribution < 1.29 is 9.34 Å². The van der Waals surface area contributed by atoms with Crippen LogP contribution in [0.1, 0.15) is 5.56 Å². The molecule has 7 heteroatoms. The molecule has 0 atom stereocenters. The van der Waals surface area contributed by atoms with Crippen molar-refractivity contribution in [3.05, 3.63) is 76.5 Å². The smallest absolute Gasteiger partial charge is 0.399 e. The Kier molecular flexibility index (Phi) is 3.29. The van der Waals surface area contributed by atoms with Crippen molar-refractivity contribution in [1.82, 2.24) is 9.78 Å². The second-order valence-electron chi connectivity index (χ2n) is 5.37. The summed E-state index contributed by atoms with van der Waals surface area (Å²) in [5, 5.41) is 26.6. The zero-order valence-electron chi connectivity index (χ0n) is 12.8. The lowest BCUT2D eigenvalue weighted by atomic mass is 10.1. The van der Waals surface area contributed by atoms with Gasteiger partial charge in [-0.2, -0.15) is 10.4 Å². The molecule has 0 aliphatic heterocycles. The van der Waals surface area contributed by atoms with E-state index in [2.05, 4.69) is 5.10 Å². The van der Waals surface area contributed by atoms with E-state index in [-0.39, 0.29) is 22.9 Å². The molecular weight excluding hydrogens is 320 g/mol. The van der Waals surface area contributed by atoms with Crippen LogP contribution >= 0.6 is 0 Å². The molecule has 2 aromatic heterocycles. The number of aromatic nitrogens is 2. The molecule has 25 heavy (non-hydrogen) atoms. The summed E-state index contributed by atoms with van der Waals surface area (Å²) < 4.78 is 6.73. The van der Waals surface area contributed by atoms with Crippen molar-refractivity contribution in [2.45, 2.75) is 0 Å². The lowest BCUT2D eigenvalue weighted by Crippen LogP contribution is -1.94. The van der Waals surface area contributed by atoms with Crippen LogP contribution in [0.3, 0.4) is 0 Å². The number of fused-ring (bicyclic) bond motifs is 1. The molecule has 0 saturated carbocycles. The van der Waals surface area contributed by atoms with Crippen LogP contribution in [0.4, 0.5) is 5.88 Å². The fourth-order valence-electron chi connectivity index (χ4n) is 2.64. The quantitative estimate of drug-likeness (QED) is 0.416. The third-order valence-electron chi connectivity index (χ3n) is 3.84. The van der Waals surface area contributed by atoms with E-state index in [0.29, 0.717) is 0 Å². The molecule has 4 rings (SSSR count). The third-order valence-corrected chi connectivity index (χ3v) is 3.84. The van der Waals surface area contributed by atoms with Crippen LogP contribution in [0.5, 0.6) is 0 Å². The summed E-state index contributed by atoms with van der Waals surface area (Å²) in [7, 11) is 0. The predicted octanol–water partition coefficient (Wildman–Crippen LogP) is 4.07. The van der Waals surface area contributed by atoms with Crippen LogP contribution in [-0.2, 0) is 0 Å². The predicted molar refractivity (Wildman–Crippen MR) is 90.1 cm³/mol. The van der Waals surface area contributed by atoms with Gasteiger partial charge >= 0.3 is 5.88 Å². The maximum atomic E-state index is 10.8. The number of benzene rings is 2. The van der Waals surface area contributed by atoms with Crippen LogP contribution in [-0.4, -0.2) is 14.7 Å². The molecule has 0 amide bonds. The third kappa shape index (κ3) is 2.52. The summed E-state index contributed by atoms with van der Waals surface area (Å²) in [6, 6.07) is 18.5. The molecular formula is C18H10N4O3. The Labute approximate surface area is 141 Å². The normalized spacial score (nSPS) is 10.7. The lowest BCUT2D eigenvalue weighted by molar-refractivity contribution is -0.401. The van der Waals surface area contributed by atoms with Crippen LogP contribution in [0.15, 0.2) is 65.2 Å². The first-order chi connectivity index (χ1) is 12.2. The van der Waals surface area contributed by atoms with Gasteiger partial charge in [-0.3, -0.25) is 10.1 Å². The van der Waals surface area contributed by atoms with Crippen molar-refractivity contribution in [1.29, 1.82) is 5.26 Å². The Bertz CT molecular complexity index is 1150. The summed E-state index contributed by atoms with van der Waals surface area (Å²) in [5.41, 5.74) is 1.32. The van der Waals surface area contributed by atoms with Gasteiger partial charge in [-0.15, -0.1) is 0 Å². The van der Waals surface area contributed by atoms with E-state index in [4.69, 9.17) is 4.42 Å². The summed E-state index contributed by atoms with van der Waals surface area (Å²) in [6.45, 7) is 0. The van der Waals surface area contributed by atoms with E-state index in [1.807, 2.05) is 48.5 Å². The average molecular weight is 330 g/mol. The first kappa shape index (κ1) is 14.7. The molecule has 0 saturated heterocycles. The lowest BCUT2D eigenvalue weighted by Gasteiger charge is -2.03. The van der Waals surface area contributed by atoms with Gasteiger partial charge < -0.3 is 4.42 Å². The van der Waals surface area contributed by atoms with Crippen LogP contribution in [0, 0.1) is 21.4 Å². The van der Waals surface area contributed by atoms with Gasteiger partial charge in [0, 0.05) is 6.20 Å². The van der Waals surface area contributed by atoms with E-state index in [1.54, 1.807) is 10.9 Å². The highest BCUT2D eigenvalue weighted by Gasteiger charge is 2.19. The standard InChI is InChI=1S/C18H10N4O3/c19-10-14-11-21(15-6-5-12-3-1-2-4-13(12)9-15)20-18(14)16-7-8-17(25-16)22(23)24/h1-9,11H. The van der Waals surface area contributed by atoms with Crippen LogP contribution in [0.25, 0.3) is 27.9 Å². The molecule has 4 aromatic rings. The summed E-state index contributed by atoms with van der Waals surface area (Å²) >= 11 is 0. The Morgan fingerprint density at radius 2 is 1.92 bits per heavy atom. The van der Waals surface area contributed by atoms with Gasteiger partial charge in [0.1, 0.15) is 22.2 Å². The Morgan fingerprint density at radius 3 is 2.64 bits per heavy atom. The highest BCUT2D eigenvalue weighted by atomic mass is 16.6. The fourth-order valence-corrected chi connectivity index (χ4v) is 2.64. The van der Waals surface area contributed by atoms with E-state index in [9.17, 15) is 15.4 Å². The van der Waals surface area contributed by atoms with Crippen molar-refractivity contribution >= 4 is 16.7 Å². The molecule has 0 unspecified atom stereocenters. The summed E-state index contributed by atoms with van der Waals surface area (Å²) in [5.74, 6) is -0.207. The molecule has 0 fully saturated rings. The van der Waals surface area contributed by atoms with Crippen molar-refractivity contribution in [3.63, 3.8) is 0 Å². The highest BCUT2D eigenvalue weighted by Crippen LogP contribution is 2.28. The molecule has 0 N–H and O–H groups in total. The topological polar surface area (TPSA) is 97.9 Å². The molecule has 0 bridgehead atoms. The molecule has 0 aliphatic carbocycles. The SMILES string of the molecule is N#Cc1cn(-c2ccc3ccccc3c2)nc1-c1ccc([N+](=O)[O-])o1. The minimum absolute atomic E-state index is 0.183. The maximum Gasteiger partial charge on any atom is 0.433 e. The minimum atomic E-state index is -0.629. The van der Waals surface area contributed by atoms with Crippen molar-refractivity contribution in [2.24, 2.45) is 0 Å². The number of nitro groups is 1.